The third-order valence-corrected chi connectivity index (χ3v) is 4.34. The first-order chi connectivity index (χ1) is 12.9. The number of esters is 1. The third kappa shape index (κ3) is 6.34. The van der Waals surface area contributed by atoms with Crippen molar-refractivity contribution in [2.24, 2.45) is 0 Å². The predicted molar refractivity (Wildman–Crippen MR) is 104 cm³/mol. The van der Waals surface area contributed by atoms with E-state index in [0.717, 1.165) is 0 Å². The van der Waals surface area contributed by atoms with E-state index in [2.05, 4.69) is 5.32 Å². The number of rotatable bonds is 8. The van der Waals surface area contributed by atoms with Gasteiger partial charge in [0.2, 0.25) is 0 Å². The number of hydrogen-bond acceptors (Lipinski definition) is 5. The van der Waals surface area contributed by atoms with Gasteiger partial charge in [-0.05, 0) is 43.3 Å². The lowest BCUT2D eigenvalue weighted by Crippen LogP contribution is -2.30. The van der Waals surface area contributed by atoms with Crippen LogP contribution in [0.5, 0.6) is 11.5 Å². The van der Waals surface area contributed by atoms with Crippen molar-refractivity contribution < 1.29 is 23.8 Å². The molecule has 0 spiro atoms. The fraction of sp³-hybridized carbons (Fsp3) is 0.263. The highest BCUT2D eigenvalue weighted by Crippen LogP contribution is 2.29. The fourth-order valence-corrected chi connectivity index (χ4v) is 2.42. The number of hydrogen-bond donors (Lipinski definition) is 1. The van der Waals surface area contributed by atoms with Gasteiger partial charge >= 0.3 is 5.97 Å². The van der Waals surface area contributed by atoms with Gasteiger partial charge in [-0.25, -0.2) is 0 Å². The fourth-order valence-electron chi connectivity index (χ4n) is 2.07. The highest BCUT2D eigenvalue weighted by Gasteiger charge is 2.19. The molecule has 1 atom stereocenters. The Morgan fingerprint density at radius 1 is 1.07 bits per heavy atom. The number of carbonyl (C=O) groups is 2. The number of anilines is 1. The molecule has 0 aliphatic heterocycles. The Labute approximate surface area is 167 Å². The van der Waals surface area contributed by atoms with E-state index in [4.69, 9.17) is 37.4 Å². The molecule has 0 aliphatic rings. The highest BCUT2D eigenvalue weighted by atomic mass is 35.5. The Hall–Kier alpha value is -2.44. The van der Waals surface area contributed by atoms with Crippen molar-refractivity contribution in [2.75, 3.05) is 19.0 Å². The third-order valence-electron chi connectivity index (χ3n) is 3.52. The molecule has 1 unspecified atom stereocenters. The Kier molecular flexibility index (Phi) is 7.76. The van der Waals surface area contributed by atoms with Gasteiger partial charge in [-0.2, -0.15) is 0 Å². The Morgan fingerprint density at radius 2 is 1.74 bits per heavy atom. The van der Waals surface area contributed by atoms with Crippen LogP contribution < -0.4 is 14.8 Å². The molecule has 0 heterocycles. The predicted octanol–water partition coefficient (Wildman–Crippen LogP) is 4.34. The van der Waals surface area contributed by atoms with Gasteiger partial charge in [0.05, 0.1) is 35.9 Å². The molecule has 1 amide bonds. The maximum Gasteiger partial charge on any atom is 0.310 e. The first kappa shape index (κ1) is 20.9. The summed E-state index contributed by atoms with van der Waals surface area (Å²) >= 11 is 11.9. The van der Waals surface area contributed by atoms with Crippen LogP contribution in [0, 0.1) is 0 Å². The van der Waals surface area contributed by atoms with Crippen molar-refractivity contribution in [3.8, 4) is 11.5 Å². The van der Waals surface area contributed by atoms with Crippen molar-refractivity contribution in [1.82, 2.24) is 0 Å². The van der Waals surface area contributed by atoms with Crippen molar-refractivity contribution in [3.05, 3.63) is 52.5 Å². The topological polar surface area (TPSA) is 73.9 Å². The average Bonchev–Trinajstić information content (AvgIpc) is 2.66. The summed E-state index contributed by atoms with van der Waals surface area (Å²) in [5, 5.41) is 3.11. The van der Waals surface area contributed by atoms with E-state index in [-0.39, 0.29) is 18.1 Å². The maximum absolute atomic E-state index is 12.1. The number of nitrogens with one attached hydrogen (secondary N) is 1. The van der Waals surface area contributed by atoms with Gasteiger partial charge in [-0.15, -0.1) is 0 Å². The Balaban J connectivity index is 1.76. The summed E-state index contributed by atoms with van der Waals surface area (Å²) in [6.45, 7) is 1.59. The molecule has 0 aromatic heterocycles. The van der Waals surface area contributed by atoms with Gasteiger partial charge in [0.25, 0.3) is 5.91 Å². The lowest BCUT2D eigenvalue weighted by Gasteiger charge is -2.14. The second kappa shape index (κ2) is 10.0. The van der Waals surface area contributed by atoms with E-state index in [1.54, 1.807) is 49.6 Å². The molecule has 2 rings (SSSR count). The van der Waals surface area contributed by atoms with Gasteiger partial charge in [0.15, 0.2) is 6.10 Å². The van der Waals surface area contributed by atoms with Crippen molar-refractivity contribution >= 4 is 40.8 Å². The number of methoxy groups -OCH3 is 1. The summed E-state index contributed by atoms with van der Waals surface area (Å²) in [6.07, 6.45) is -0.991. The van der Waals surface area contributed by atoms with Crippen molar-refractivity contribution in [1.29, 1.82) is 0 Å². The molecular weight excluding hydrogens is 393 g/mol. The van der Waals surface area contributed by atoms with Crippen LogP contribution in [0.1, 0.15) is 13.3 Å². The quantitative estimate of drug-likeness (QED) is 0.653. The Morgan fingerprint density at radius 3 is 2.41 bits per heavy atom. The second-order valence-electron chi connectivity index (χ2n) is 5.50. The van der Waals surface area contributed by atoms with E-state index in [9.17, 15) is 9.59 Å². The lowest BCUT2D eigenvalue weighted by atomic mass is 10.3. The van der Waals surface area contributed by atoms with Crippen molar-refractivity contribution in [3.63, 3.8) is 0 Å². The van der Waals surface area contributed by atoms with E-state index in [0.29, 0.717) is 22.2 Å². The molecule has 0 saturated heterocycles. The zero-order chi connectivity index (χ0) is 19.8. The highest BCUT2D eigenvalue weighted by molar-refractivity contribution is 6.44. The molecule has 1 N–H and O–H groups in total. The normalized spacial score (nSPS) is 11.4. The van der Waals surface area contributed by atoms with Crippen LogP contribution in [-0.2, 0) is 14.3 Å². The minimum absolute atomic E-state index is 0.00156. The minimum atomic E-state index is -0.992. The summed E-state index contributed by atoms with van der Waals surface area (Å²) < 4.78 is 15.6. The Bertz CT molecular complexity index is 795. The molecule has 0 fully saturated rings. The largest absolute Gasteiger partial charge is 0.497 e. The minimum Gasteiger partial charge on any atom is -0.497 e. The zero-order valence-corrected chi connectivity index (χ0v) is 16.3. The molecule has 2 aromatic rings. The zero-order valence-electron chi connectivity index (χ0n) is 14.8. The molecule has 6 nitrogen and oxygen atoms in total. The van der Waals surface area contributed by atoms with Gasteiger partial charge in [-0.1, -0.05) is 29.3 Å². The molecule has 0 radical (unpaired) electrons. The molecule has 144 valence electrons. The second-order valence-corrected chi connectivity index (χ2v) is 6.28. The van der Waals surface area contributed by atoms with Crippen molar-refractivity contribution in [2.45, 2.75) is 19.4 Å². The molecule has 2 aromatic carbocycles. The van der Waals surface area contributed by atoms with Crippen LogP contribution in [0.2, 0.25) is 10.0 Å². The van der Waals surface area contributed by atoms with Gasteiger partial charge in [-0.3, -0.25) is 9.59 Å². The monoisotopic (exact) mass is 411 g/mol. The first-order valence-electron chi connectivity index (χ1n) is 8.12. The molecule has 0 bridgehead atoms. The number of carbonyl (C=O) groups excluding carboxylic acids is 2. The van der Waals surface area contributed by atoms with E-state index in [1.165, 1.54) is 6.92 Å². The summed E-state index contributed by atoms with van der Waals surface area (Å²) in [4.78, 5) is 24.0. The van der Waals surface area contributed by atoms with Crippen LogP contribution in [0.4, 0.5) is 5.69 Å². The summed E-state index contributed by atoms with van der Waals surface area (Å²) in [7, 11) is 1.57. The average molecular weight is 412 g/mol. The number of benzene rings is 2. The summed E-state index contributed by atoms with van der Waals surface area (Å²) in [5.74, 6) is 0.248. The maximum atomic E-state index is 12.1. The SMILES string of the molecule is COc1ccc(OCCC(=O)OC(C)C(=O)Nc2cccc(Cl)c2Cl)cc1. The summed E-state index contributed by atoms with van der Waals surface area (Å²) in [6, 6.07) is 11.8. The first-order valence-corrected chi connectivity index (χ1v) is 8.87. The number of ether oxygens (including phenoxy) is 3. The molecular formula is C19H19Cl2NO5. The van der Waals surface area contributed by atoms with E-state index < -0.39 is 18.0 Å². The molecule has 0 saturated carbocycles. The van der Waals surface area contributed by atoms with Gasteiger partial charge < -0.3 is 19.5 Å². The summed E-state index contributed by atoms with van der Waals surface area (Å²) in [5.41, 5.74) is 0.347. The van der Waals surface area contributed by atoms with E-state index >= 15 is 0 Å². The number of halogens is 2. The lowest BCUT2D eigenvalue weighted by molar-refractivity contribution is -0.153. The van der Waals surface area contributed by atoms with Crippen LogP contribution in [-0.4, -0.2) is 31.7 Å². The number of amides is 1. The van der Waals surface area contributed by atoms with E-state index in [1.807, 2.05) is 0 Å². The van der Waals surface area contributed by atoms with Crippen LogP contribution >= 0.6 is 23.2 Å². The van der Waals surface area contributed by atoms with Crippen LogP contribution in [0.15, 0.2) is 42.5 Å². The standard InChI is InChI=1S/C19H19Cl2NO5/c1-12(19(24)22-16-5-3-4-15(20)18(16)21)27-17(23)10-11-26-14-8-6-13(25-2)7-9-14/h3-9,12H,10-11H2,1-2H3,(H,22,24). The van der Waals surface area contributed by atoms with Crippen LogP contribution in [0.3, 0.4) is 0 Å². The van der Waals surface area contributed by atoms with Gasteiger partial charge in [0, 0.05) is 0 Å². The van der Waals surface area contributed by atoms with Crippen LogP contribution in [0.25, 0.3) is 0 Å². The molecule has 27 heavy (non-hydrogen) atoms. The smallest absolute Gasteiger partial charge is 0.310 e. The molecule has 8 heteroatoms. The van der Waals surface area contributed by atoms with Gasteiger partial charge in [0.1, 0.15) is 11.5 Å². The molecule has 0 aliphatic carbocycles.